The molecule has 1 aromatic carbocycles. The molecule has 0 unspecified atom stereocenters. The van der Waals surface area contributed by atoms with Crippen molar-refractivity contribution in [1.29, 1.82) is 0 Å². The van der Waals surface area contributed by atoms with Gasteiger partial charge in [-0.25, -0.2) is 0 Å². The van der Waals surface area contributed by atoms with E-state index in [2.05, 4.69) is 83.7 Å². The van der Waals surface area contributed by atoms with Crippen LogP contribution in [0.1, 0.15) is 53.5 Å². The van der Waals surface area contributed by atoms with Crippen LogP contribution in [0.5, 0.6) is 0 Å². The minimum absolute atomic E-state index is 0.0795. The average molecular weight is 518 g/mol. The van der Waals surface area contributed by atoms with Crippen LogP contribution in [0.15, 0.2) is 28.7 Å². The van der Waals surface area contributed by atoms with Gasteiger partial charge in [0.25, 0.3) is 0 Å². The molecule has 4 nitrogen and oxygen atoms in total. The Labute approximate surface area is 194 Å². The van der Waals surface area contributed by atoms with Gasteiger partial charge >= 0.3 is 0 Å². The summed E-state index contributed by atoms with van der Waals surface area (Å²) in [6.45, 7) is 22.8. The van der Waals surface area contributed by atoms with Gasteiger partial charge in [-0.05, 0) is 48.4 Å². The lowest BCUT2D eigenvalue weighted by atomic mass is 10.0. The zero-order valence-corrected chi connectivity index (χ0v) is 24.0. The Morgan fingerprint density at radius 1 is 1.00 bits per heavy atom. The van der Waals surface area contributed by atoms with Crippen molar-refractivity contribution in [2.45, 2.75) is 102 Å². The molecule has 1 heterocycles. The molecule has 0 amide bonds. The predicted molar refractivity (Wildman–Crippen MR) is 133 cm³/mol. The fourth-order valence-corrected chi connectivity index (χ4v) is 5.62. The third kappa shape index (κ3) is 5.85. The number of benzene rings is 1. The highest BCUT2D eigenvalue weighted by molar-refractivity contribution is 9.10. The summed E-state index contributed by atoms with van der Waals surface area (Å²) in [6.07, 6.45) is -0.0987. The van der Waals surface area contributed by atoms with E-state index in [1.54, 1.807) is 0 Å². The Bertz CT molecular complexity index is 722. The summed E-state index contributed by atoms with van der Waals surface area (Å²) in [4.78, 5) is 0. The summed E-state index contributed by atoms with van der Waals surface area (Å²) in [5, 5.41) is 11.6. The molecule has 1 fully saturated rings. The van der Waals surface area contributed by atoms with E-state index in [0.29, 0.717) is 13.0 Å². The fourth-order valence-electron chi connectivity index (χ4n) is 3.00. The van der Waals surface area contributed by atoms with Gasteiger partial charge in [-0.15, -0.1) is 0 Å². The maximum Gasteiger partial charge on any atom is 0.195 e. The van der Waals surface area contributed by atoms with Crippen LogP contribution in [0.2, 0.25) is 36.3 Å². The molecular weight excluding hydrogens is 476 g/mol. The van der Waals surface area contributed by atoms with E-state index in [9.17, 15) is 5.11 Å². The molecule has 7 heteroatoms. The Balaban J connectivity index is 2.29. The summed E-state index contributed by atoms with van der Waals surface area (Å²) in [5.74, 6) is -1.37. The molecular formula is C23H41BrO4Si2. The number of hydrogen-bond donors (Lipinski definition) is 1. The van der Waals surface area contributed by atoms with Gasteiger partial charge in [-0.2, -0.15) is 0 Å². The highest BCUT2D eigenvalue weighted by atomic mass is 79.9. The van der Waals surface area contributed by atoms with Gasteiger partial charge in [-0.1, -0.05) is 69.6 Å². The quantitative estimate of drug-likeness (QED) is 0.422. The van der Waals surface area contributed by atoms with E-state index in [1.807, 2.05) is 24.3 Å². The van der Waals surface area contributed by atoms with Crippen molar-refractivity contribution in [2.24, 2.45) is 0 Å². The first-order valence-corrected chi connectivity index (χ1v) is 17.5. The molecule has 0 radical (unpaired) electrons. The molecule has 0 saturated carbocycles. The van der Waals surface area contributed by atoms with Gasteiger partial charge in [0, 0.05) is 16.5 Å². The zero-order valence-electron chi connectivity index (χ0n) is 20.4. The van der Waals surface area contributed by atoms with Gasteiger partial charge in [0.1, 0.15) is 6.10 Å². The van der Waals surface area contributed by atoms with Crippen molar-refractivity contribution in [1.82, 2.24) is 0 Å². The lowest BCUT2D eigenvalue weighted by Crippen LogP contribution is -2.48. The molecule has 0 aliphatic carbocycles. The SMILES string of the molecule is CC(C)(C)[Si](C)(C)OC[C@H]1O[C@@](O)(c2ccc(Br)cc2)C[C@H]1O[Si](C)(C)C(C)(C)C. The van der Waals surface area contributed by atoms with Crippen molar-refractivity contribution >= 4 is 32.6 Å². The summed E-state index contributed by atoms with van der Waals surface area (Å²) >= 11 is 3.47. The second-order valence-electron chi connectivity index (χ2n) is 11.6. The van der Waals surface area contributed by atoms with Crippen LogP contribution in [-0.2, 0) is 19.4 Å². The Morgan fingerprint density at radius 3 is 1.97 bits per heavy atom. The normalized spacial score (nSPS) is 26.3. The highest BCUT2D eigenvalue weighted by Crippen LogP contribution is 2.45. The number of ether oxygens (including phenoxy) is 1. The van der Waals surface area contributed by atoms with E-state index >= 15 is 0 Å². The molecule has 1 saturated heterocycles. The first-order chi connectivity index (χ1) is 13.4. The third-order valence-electron chi connectivity index (χ3n) is 7.20. The van der Waals surface area contributed by atoms with Crippen LogP contribution in [0.4, 0.5) is 0 Å². The summed E-state index contributed by atoms with van der Waals surface area (Å²) in [6, 6.07) is 7.68. The van der Waals surface area contributed by atoms with Crippen LogP contribution in [0, 0.1) is 0 Å². The van der Waals surface area contributed by atoms with Gasteiger partial charge in [-0.3, -0.25) is 0 Å². The van der Waals surface area contributed by atoms with Crippen molar-refractivity contribution in [3.63, 3.8) is 0 Å². The molecule has 0 bridgehead atoms. The molecule has 30 heavy (non-hydrogen) atoms. The van der Waals surface area contributed by atoms with E-state index in [4.69, 9.17) is 13.6 Å². The van der Waals surface area contributed by atoms with E-state index < -0.39 is 22.4 Å². The molecule has 0 spiro atoms. The second-order valence-corrected chi connectivity index (χ2v) is 22.1. The smallest absolute Gasteiger partial charge is 0.195 e. The Hall–Kier alpha value is -0.0262. The second kappa shape index (κ2) is 8.73. The molecule has 1 aliphatic rings. The maximum atomic E-state index is 11.4. The minimum Gasteiger partial charge on any atom is -0.414 e. The first-order valence-electron chi connectivity index (χ1n) is 10.9. The van der Waals surface area contributed by atoms with Crippen molar-refractivity contribution < 1.29 is 18.7 Å². The van der Waals surface area contributed by atoms with Gasteiger partial charge in [0.15, 0.2) is 22.4 Å². The van der Waals surface area contributed by atoms with E-state index in [-0.39, 0.29) is 22.3 Å². The molecule has 2 rings (SSSR count). The Morgan fingerprint density at radius 2 is 1.50 bits per heavy atom. The number of aliphatic hydroxyl groups is 1. The summed E-state index contributed by atoms with van der Waals surface area (Å²) in [5.41, 5.74) is 0.754. The van der Waals surface area contributed by atoms with Crippen LogP contribution in [0.3, 0.4) is 0 Å². The van der Waals surface area contributed by atoms with Gasteiger partial charge in [0.2, 0.25) is 0 Å². The largest absolute Gasteiger partial charge is 0.414 e. The average Bonchev–Trinajstić information content (AvgIpc) is 2.87. The van der Waals surface area contributed by atoms with Crippen molar-refractivity contribution in [3.8, 4) is 0 Å². The lowest BCUT2D eigenvalue weighted by Gasteiger charge is -2.40. The fraction of sp³-hybridized carbons (Fsp3) is 0.739. The highest BCUT2D eigenvalue weighted by Gasteiger charge is 2.51. The van der Waals surface area contributed by atoms with Gasteiger partial charge < -0.3 is 18.7 Å². The molecule has 3 atom stereocenters. The molecule has 0 aromatic heterocycles. The Kier molecular flexibility index (Phi) is 7.63. The number of halogens is 1. The van der Waals surface area contributed by atoms with Crippen LogP contribution >= 0.6 is 15.9 Å². The van der Waals surface area contributed by atoms with Crippen LogP contribution in [0.25, 0.3) is 0 Å². The predicted octanol–water partition coefficient (Wildman–Crippen LogP) is 6.80. The van der Waals surface area contributed by atoms with Crippen molar-refractivity contribution in [3.05, 3.63) is 34.3 Å². The summed E-state index contributed by atoms with van der Waals surface area (Å²) < 4.78 is 20.5. The monoisotopic (exact) mass is 516 g/mol. The summed E-state index contributed by atoms with van der Waals surface area (Å²) in [7, 11) is -3.98. The number of rotatable bonds is 6. The van der Waals surface area contributed by atoms with Gasteiger partial charge in [0.05, 0.1) is 12.7 Å². The maximum absolute atomic E-state index is 11.4. The zero-order chi connectivity index (χ0) is 23.2. The molecule has 172 valence electrons. The molecule has 1 aliphatic heterocycles. The molecule has 1 N–H and O–H groups in total. The standard InChI is InChI=1S/C23H41BrO4Si2/c1-21(2,3)29(7,8)26-16-20-19(28-30(9,10)22(4,5)6)15-23(25,27-20)17-11-13-18(24)14-12-17/h11-14,19-20,25H,15-16H2,1-10H3/t19-,20-,23-/m1/s1. The van der Waals surface area contributed by atoms with E-state index in [0.717, 1.165) is 10.0 Å². The number of hydrogen-bond acceptors (Lipinski definition) is 4. The van der Waals surface area contributed by atoms with Crippen molar-refractivity contribution in [2.75, 3.05) is 6.61 Å². The lowest BCUT2D eigenvalue weighted by molar-refractivity contribution is -0.205. The molecule has 1 aromatic rings. The first kappa shape index (κ1) is 26.2. The topological polar surface area (TPSA) is 47.9 Å². The van der Waals surface area contributed by atoms with Crippen LogP contribution < -0.4 is 0 Å². The van der Waals surface area contributed by atoms with E-state index in [1.165, 1.54) is 0 Å². The minimum atomic E-state index is -2.04. The van der Waals surface area contributed by atoms with Crippen LogP contribution in [-0.4, -0.2) is 40.6 Å². The third-order valence-corrected chi connectivity index (χ3v) is 16.7.